The van der Waals surface area contributed by atoms with Crippen LogP contribution in [0.2, 0.25) is 0 Å². The van der Waals surface area contributed by atoms with Gasteiger partial charge in [-0.25, -0.2) is 0 Å². The zero-order valence-electron chi connectivity index (χ0n) is 9.56. The molecule has 90 valence electrons. The molecule has 0 radical (unpaired) electrons. The fourth-order valence-corrected chi connectivity index (χ4v) is 3.17. The van der Waals surface area contributed by atoms with Gasteiger partial charge in [0.05, 0.1) is 12.6 Å². The third kappa shape index (κ3) is 2.09. The number of hydrogen-bond donors (Lipinski definition) is 2. The Hall–Kier alpha value is -0.610. The van der Waals surface area contributed by atoms with Crippen molar-refractivity contribution in [3.8, 4) is 0 Å². The van der Waals surface area contributed by atoms with E-state index in [0.29, 0.717) is 24.7 Å². The summed E-state index contributed by atoms with van der Waals surface area (Å²) >= 11 is 0. The molecule has 1 aliphatic carbocycles. The van der Waals surface area contributed by atoms with Crippen molar-refractivity contribution in [3.05, 3.63) is 0 Å². The number of rotatable bonds is 3. The maximum absolute atomic E-state index is 11.7. The molecule has 2 heterocycles. The topological polar surface area (TPSA) is 52.6 Å². The second-order valence-corrected chi connectivity index (χ2v) is 5.52. The smallest absolute Gasteiger partial charge is 0.234 e. The standard InChI is InChI=1S/C12H20N2O2/c15-11-5-9-3-4-10(6-11)14(9)7-12(16)13-8-1-2-8/h8-11,15H,1-7H2,(H,13,16). The van der Waals surface area contributed by atoms with Crippen molar-refractivity contribution in [1.82, 2.24) is 10.2 Å². The van der Waals surface area contributed by atoms with E-state index < -0.39 is 0 Å². The summed E-state index contributed by atoms with van der Waals surface area (Å²) in [7, 11) is 0. The van der Waals surface area contributed by atoms with Crippen LogP contribution in [0.25, 0.3) is 0 Å². The van der Waals surface area contributed by atoms with Gasteiger partial charge in [0.2, 0.25) is 5.91 Å². The molecule has 0 aromatic rings. The molecule has 3 rings (SSSR count). The van der Waals surface area contributed by atoms with Crippen LogP contribution in [0.5, 0.6) is 0 Å². The SMILES string of the molecule is O=C(CN1C2CCC1CC(O)C2)NC1CC1. The van der Waals surface area contributed by atoms with Crippen molar-refractivity contribution in [1.29, 1.82) is 0 Å². The van der Waals surface area contributed by atoms with E-state index in [0.717, 1.165) is 38.5 Å². The van der Waals surface area contributed by atoms with Crippen LogP contribution < -0.4 is 5.32 Å². The highest BCUT2D eigenvalue weighted by Crippen LogP contribution is 2.35. The highest BCUT2D eigenvalue weighted by atomic mass is 16.3. The lowest BCUT2D eigenvalue weighted by atomic mass is 10.00. The number of nitrogens with one attached hydrogen (secondary N) is 1. The monoisotopic (exact) mass is 224 g/mol. The zero-order valence-corrected chi connectivity index (χ0v) is 9.56. The zero-order chi connectivity index (χ0) is 11.1. The molecule has 3 aliphatic rings. The minimum Gasteiger partial charge on any atom is -0.393 e. The molecule has 2 atom stereocenters. The Labute approximate surface area is 96.0 Å². The van der Waals surface area contributed by atoms with E-state index in [2.05, 4.69) is 10.2 Å². The lowest BCUT2D eigenvalue weighted by Crippen LogP contribution is -2.49. The van der Waals surface area contributed by atoms with Gasteiger partial charge in [0.1, 0.15) is 0 Å². The number of piperidine rings is 1. The van der Waals surface area contributed by atoms with Crippen molar-refractivity contribution < 1.29 is 9.90 Å². The molecule has 2 N–H and O–H groups in total. The minimum atomic E-state index is -0.139. The van der Waals surface area contributed by atoms with E-state index in [4.69, 9.17) is 0 Å². The highest BCUT2D eigenvalue weighted by molar-refractivity contribution is 5.78. The fourth-order valence-electron chi connectivity index (χ4n) is 3.17. The van der Waals surface area contributed by atoms with E-state index in [1.54, 1.807) is 0 Å². The summed E-state index contributed by atoms with van der Waals surface area (Å²) in [5.74, 6) is 0.177. The largest absolute Gasteiger partial charge is 0.393 e. The van der Waals surface area contributed by atoms with Crippen LogP contribution in [0, 0.1) is 0 Å². The number of nitrogens with zero attached hydrogens (tertiary/aromatic N) is 1. The quantitative estimate of drug-likeness (QED) is 0.722. The van der Waals surface area contributed by atoms with E-state index in [-0.39, 0.29) is 12.0 Å². The van der Waals surface area contributed by atoms with Crippen molar-refractivity contribution in [2.45, 2.75) is 62.8 Å². The Morgan fingerprint density at radius 2 is 1.81 bits per heavy atom. The van der Waals surface area contributed by atoms with Gasteiger partial charge in [-0.3, -0.25) is 9.69 Å². The first-order valence-corrected chi connectivity index (χ1v) is 6.45. The number of carbonyl (C=O) groups is 1. The van der Waals surface area contributed by atoms with Crippen molar-refractivity contribution in [3.63, 3.8) is 0 Å². The lowest BCUT2D eigenvalue weighted by molar-refractivity contribution is -0.124. The van der Waals surface area contributed by atoms with Gasteiger partial charge in [-0.1, -0.05) is 0 Å². The van der Waals surface area contributed by atoms with Gasteiger partial charge in [0.25, 0.3) is 0 Å². The Balaban J connectivity index is 1.56. The van der Waals surface area contributed by atoms with Crippen LogP contribution >= 0.6 is 0 Å². The van der Waals surface area contributed by atoms with Crippen LogP contribution in [-0.4, -0.2) is 46.7 Å². The second-order valence-electron chi connectivity index (χ2n) is 5.52. The number of hydrogen-bond acceptors (Lipinski definition) is 3. The van der Waals surface area contributed by atoms with Gasteiger partial charge in [-0.2, -0.15) is 0 Å². The van der Waals surface area contributed by atoms with Gasteiger partial charge in [-0.05, 0) is 38.5 Å². The molecule has 16 heavy (non-hydrogen) atoms. The number of fused-ring (bicyclic) bond motifs is 2. The third-order valence-corrected chi connectivity index (χ3v) is 4.13. The van der Waals surface area contributed by atoms with Crippen LogP contribution in [-0.2, 0) is 4.79 Å². The minimum absolute atomic E-state index is 0.139. The molecule has 0 aromatic heterocycles. The summed E-state index contributed by atoms with van der Waals surface area (Å²) in [4.78, 5) is 14.1. The molecule has 4 nitrogen and oxygen atoms in total. The van der Waals surface area contributed by atoms with E-state index in [9.17, 15) is 9.90 Å². The van der Waals surface area contributed by atoms with E-state index in [1.165, 1.54) is 0 Å². The van der Waals surface area contributed by atoms with Gasteiger partial charge >= 0.3 is 0 Å². The summed E-state index contributed by atoms with van der Waals surface area (Å²) in [6, 6.07) is 1.35. The Morgan fingerprint density at radius 3 is 2.38 bits per heavy atom. The van der Waals surface area contributed by atoms with Gasteiger partial charge < -0.3 is 10.4 Å². The molecule has 2 aliphatic heterocycles. The third-order valence-electron chi connectivity index (χ3n) is 4.13. The summed E-state index contributed by atoms with van der Waals surface area (Å²) in [6.45, 7) is 0.540. The molecule has 0 spiro atoms. The predicted octanol–water partition coefficient (Wildman–Crippen LogP) is 0.253. The fraction of sp³-hybridized carbons (Fsp3) is 0.917. The Bertz CT molecular complexity index is 277. The number of amides is 1. The molecular formula is C12H20N2O2. The maximum Gasteiger partial charge on any atom is 0.234 e. The first-order chi connectivity index (χ1) is 7.72. The van der Waals surface area contributed by atoms with Gasteiger partial charge in [0, 0.05) is 18.1 Å². The van der Waals surface area contributed by atoms with Crippen molar-refractivity contribution >= 4 is 5.91 Å². The summed E-state index contributed by atoms with van der Waals surface area (Å²) in [5.41, 5.74) is 0. The first kappa shape index (κ1) is 10.5. The highest BCUT2D eigenvalue weighted by Gasteiger charge is 2.41. The molecule has 1 amide bonds. The Kier molecular flexibility index (Phi) is 2.64. The molecule has 4 heteroatoms. The predicted molar refractivity (Wildman–Crippen MR) is 59.9 cm³/mol. The normalized spacial score (nSPS) is 38.7. The number of carbonyl (C=O) groups excluding carboxylic acids is 1. The van der Waals surface area contributed by atoms with E-state index in [1.807, 2.05) is 0 Å². The van der Waals surface area contributed by atoms with E-state index >= 15 is 0 Å². The molecule has 2 saturated heterocycles. The summed E-state index contributed by atoms with van der Waals surface area (Å²) in [5, 5.41) is 12.7. The van der Waals surface area contributed by atoms with Crippen LogP contribution in [0.4, 0.5) is 0 Å². The molecule has 3 fully saturated rings. The summed E-state index contributed by atoms with van der Waals surface area (Å²) < 4.78 is 0. The van der Waals surface area contributed by atoms with Gasteiger partial charge in [-0.15, -0.1) is 0 Å². The van der Waals surface area contributed by atoms with Crippen LogP contribution in [0.15, 0.2) is 0 Å². The lowest BCUT2D eigenvalue weighted by Gasteiger charge is -2.36. The molecule has 2 bridgehead atoms. The molecule has 2 unspecified atom stereocenters. The Morgan fingerprint density at radius 1 is 1.19 bits per heavy atom. The summed E-state index contributed by atoms with van der Waals surface area (Å²) in [6.07, 6.45) is 6.17. The molecule has 1 saturated carbocycles. The maximum atomic E-state index is 11.7. The molecule has 0 aromatic carbocycles. The average Bonchev–Trinajstić information content (AvgIpc) is 2.98. The van der Waals surface area contributed by atoms with Gasteiger partial charge in [0.15, 0.2) is 0 Å². The first-order valence-electron chi connectivity index (χ1n) is 6.45. The second kappa shape index (κ2) is 4.00. The van der Waals surface area contributed by atoms with Crippen LogP contribution in [0.3, 0.4) is 0 Å². The van der Waals surface area contributed by atoms with Crippen molar-refractivity contribution in [2.75, 3.05) is 6.54 Å². The van der Waals surface area contributed by atoms with Crippen molar-refractivity contribution in [2.24, 2.45) is 0 Å². The average molecular weight is 224 g/mol. The number of aliphatic hydroxyl groups is 1. The molecular weight excluding hydrogens is 204 g/mol. The number of aliphatic hydroxyl groups excluding tert-OH is 1. The van der Waals surface area contributed by atoms with Crippen LogP contribution in [0.1, 0.15) is 38.5 Å².